The van der Waals surface area contributed by atoms with Crippen LogP contribution in [0, 0.1) is 3.57 Å². The largest absolute Gasteiger partial charge is 0.336 e. The van der Waals surface area contributed by atoms with E-state index < -0.39 is 0 Å². The fourth-order valence-electron chi connectivity index (χ4n) is 2.95. The molecule has 0 aliphatic carbocycles. The van der Waals surface area contributed by atoms with Gasteiger partial charge in [-0.15, -0.1) is 0 Å². The van der Waals surface area contributed by atoms with Crippen LogP contribution in [-0.2, 0) is 6.54 Å². The van der Waals surface area contributed by atoms with Crippen molar-refractivity contribution in [2.24, 2.45) is 0 Å². The van der Waals surface area contributed by atoms with Gasteiger partial charge in [-0.25, -0.2) is 0 Å². The molecule has 0 unspecified atom stereocenters. The molecule has 0 aliphatic heterocycles. The highest BCUT2D eigenvalue weighted by Gasteiger charge is 2.09. The van der Waals surface area contributed by atoms with Crippen molar-refractivity contribution in [1.82, 2.24) is 4.57 Å². The van der Waals surface area contributed by atoms with Crippen LogP contribution in [0.5, 0.6) is 0 Å². The molecule has 0 bridgehead atoms. The predicted molar refractivity (Wildman–Crippen MR) is 97.7 cm³/mol. The Morgan fingerprint density at radius 1 is 0.667 bits per heavy atom. The Balaban J connectivity index is 1.95. The second kappa shape index (κ2) is 5.19. The fraction of sp³-hybridized carbons (Fsp3) is 0.0526. The van der Waals surface area contributed by atoms with Crippen molar-refractivity contribution in [2.75, 3.05) is 0 Å². The van der Waals surface area contributed by atoms with Crippen molar-refractivity contribution in [1.29, 1.82) is 0 Å². The highest BCUT2D eigenvalue weighted by Crippen LogP contribution is 2.29. The average Bonchev–Trinajstić information content (AvgIpc) is 2.85. The zero-order chi connectivity index (χ0) is 14.2. The van der Waals surface area contributed by atoms with Crippen LogP contribution in [0.15, 0.2) is 72.8 Å². The Morgan fingerprint density at radius 3 is 1.76 bits per heavy atom. The van der Waals surface area contributed by atoms with Crippen LogP contribution >= 0.6 is 22.6 Å². The van der Waals surface area contributed by atoms with Crippen LogP contribution in [0.25, 0.3) is 21.8 Å². The molecule has 1 nitrogen and oxygen atoms in total. The molecule has 1 heterocycles. The fourth-order valence-corrected chi connectivity index (χ4v) is 3.31. The Hall–Kier alpha value is -1.81. The van der Waals surface area contributed by atoms with Crippen LogP contribution < -0.4 is 0 Å². The molecule has 0 saturated carbocycles. The maximum absolute atomic E-state index is 2.41. The Labute approximate surface area is 137 Å². The summed E-state index contributed by atoms with van der Waals surface area (Å²) in [5.74, 6) is 0. The first-order chi connectivity index (χ1) is 10.3. The van der Waals surface area contributed by atoms with Crippen molar-refractivity contribution in [3.63, 3.8) is 0 Å². The van der Waals surface area contributed by atoms with Gasteiger partial charge in [-0.3, -0.25) is 0 Å². The molecule has 0 N–H and O–H groups in total. The van der Waals surface area contributed by atoms with Crippen LogP contribution in [0.4, 0.5) is 0 Å². The van der Waals surface area contributed by atoms with Crippen molar-refractivity contribution >= 4 is 44.4 Å². The van der Waals surface area contributed by atoms with Crippen molar-refractivity contribution < 1.29 is 0 Å². The van der Waals surface area contributed by atoms with E-state index in [1.807, 2.05) is 0 Å². The molecule has 3 aromatic carbocycles. The van der Waals surface area contributed by atoms with Gasteiger partial charge < -0.3 is 4.57 Å². The van der Waals surface area contributed by atoms with Gasteiger partial charge in [-0.2, -0.15) is 0 Å². The van der Waals surface area contributed by atoms with Gasteiger partial charge >= 0.3 is 0 Å². The summed E-state index contributed by atoms with van der Waals surface area (Å²) in [5.41, 5.74) is 3.94. The highest BCUT2D eigenvalue weighted by molar-refractivity contribution is 14.1. The summed E-state index contributed by atoms with van der Waals surface area (Å²) in [5, 5.41) is 2.66. The summed E-state index contributed by atoms with van der Waals surface area (Å²) in [6, 6.07) is 26.1. The summed E-state index contributed by atoms with van der Waals surface area (Å²) >= 11 is 2.35. The average molecular weight is 383 g/mol. The quantitative estimate of drug-likeness (QED) is 0.406. The molecule has 4 rings (SSSR count). The van der Waals surface area contributed by atoms with Crippen LogP contribution in [0.2, 0.25) is 0 Å². The number of hydrogen-bond donors (Lipinski definition) is 0. The SMILES string of the molecule is Ic1ccc(Cn2c3ccccc3c3ccccc32)cc1. The molecular weight excluding hydrogens is 369 g/mol. The molecule has 0 radical (unpaired) electrons. The summed E-state index contributed by atoms with van der Waals surface area (Å²) in [4.78, 5) is 0. The monoisotopic (exact) mass is 383 g/mol. The van der Waals surface area contributed by atoms with Crippen LogP contribution in [0.1, 0.15) is 5.56 Å². The third-order valence-corrected chi connectivity index (χ3v) is 4.65. The number of hydrogen-bond acceptors (Lipinski definition) is 0. The van der Waals surface area contributed by atoms with Crippen molar-refractivity contribution in [3.05, 3.63) is 81.9 Å². The molecule has 4 aromatic rings. The van der Waals surface area contributed by atoms with Crippen LogP contribution in [-0.4, -0.2) is 4.57 Å². The topological polar surface area (TPSA) is 4.93 Å². The lowest BCUT2D eigenvalue weighted by molar-refractivity contribution is 0.869. The number of halogens is 1. The lowest BCUT2D eigenvalue weighted by Crippen LogP contribution is -1.99. The molecule has 1 aromatic heterocycles. The highest BCUT2D eigenvalue weighted by atomic mass is 127. The van der Waals surface area contributed by atoms with Gasteiger partial charge in [0.2, 0.25) is 0 Å². The maximum Gasteiger partial charge on any atom is 0.0494 e. The smallest absolute Gasteiger partial charge is 0.0494 e. The molecule has 102 valence electrons. The molecule has 21 heavy (non-hydrogen) atoms. The molecule has 0 aliphatic rings. The summed E-state index contributed by atoms with van der Waals surface area (Å²) in [7, 11) is 0. The molecule has 0 saturated heterocycles. The zero-order valence-electron chi connectivity index (χ0n) is 11.5. The second-order valence-electron chi connectivity index (χ2n) is 5.25. The van der Waals surface area contributed by atoms with E-state index in [9.17, 15) is 0 Å². The van der Waals surface area contributed by atoms with E-state index in [2.05, 4.69) is 100.0 Å². The van der Waals surface area contributed by atoms with Gasteiger partial charge in [0.15, 0.2) is 0 Å². The number of aromatic nitrogens is 1. The number of fused-ring (bicyclic) bond motifs is 3. The van der Waals surface area contributed by atoms with E-state index in [1.165, 1.54) is 30.9 Å². The van der Waals surface area contributed by atoms with E-state index in [1.54, 1.807) is 0 Å². The Kier molecular flexibility index (Phi) is 3.19. The summed E-state index contributed by atoms with van der Waals surface area (Å²) in [6.07, 6.45) is 0. The number of para-hydroxylation sites is 2. The minimum atomic E-state index is 0.908. The van der Waals surface area contributed by atoms with Gasteiger partial charge in [0, 0.05) is 31.9 Å². The Morgan fingerprint density at radius 2 is 1.19 bits per heavy atom. The van der Waals surface area contributed by atoms with Gasteiger partial charge in [-0.05, 0) is 52.4 Å². The van der Waals surface area contributed by atoms with Crippen LogP contribution in [0.3, 0.4) is 0 Å². The second-order valence-corrected chi connectivity index (χ2v) is 6.49. The number of rotatable bonds is 2. The molecule has 0 amide bonds. The Bertz CT molecular complexity index is 866. The lowest BCUT2D eigenvalue weighted by atomic mass is 10.2. The number of benzene rings is 3. The number of nitrogens with zero attached hydrogens (tertiary/aromatic N) is 1. The first-order valence-electron chi connectivity index (χ1n) is 7.03. The van der Waals surface area contributed by atoms with Gasteiger partial charge in [-0.1, -0.05) is 48.5 Å². The molecule has 0 atom stereocenters. The molecule has 0 fully saturated rings. The maximum atomic E-state index is 2.41. The third-order valence-electron chi connectivity index (χ3n) is 3.93. The summed E-state index contributed by atoms with van der Waals surface area (Å²) in [6.45, 7) is 0.908. The lowest BCUT2D eigenvalue weighted by Gasteiger charge is -2.08. The van der Waals surface area contributed by atoms with Gasteiger partial charge in [0.05, 0.1) is 0 Å². The predicted octanol–water partition coefficient (Wildman–Crippen LogP) is 5.45. The summed E-state index contributed by atoms with van der Waals surface area (Å²) < 4.78 is 3.69. The molecule has 2 heteroatoms. The first-order valence-corrected chi connectivity index (χ1v) is 8.11. The standard InChI is InChI=1S/C19H14IN/c20-15-11-9-14(10-12-15)13-21-18-7-3-1-5-16(18)17-6-2-4-8-19(17)21/h1-12H,13H2. The third kappa shape index (κ3) is 2.23. The molecular formula is C19H14IN. The molecule has 0 spiro atoms. The van der Waals surface area contributed by atoms with Crippen molar-refractivity contribution in [2.45, 2.75) is 6.54 Å². The van der Waals surface area contributed by atoms with E-state index in [0.29, 0.717) is 0 Å². The van der Waals surface area contributed by atoms with Gasteiger partial charge in [0.25, 0.3) is 0 Å². The van der Waals surface area contributed by atoms with E-state index >= 15 is 0 Å². The zero-order valence-corrected chi connectivity index (χ0v) is 13.6. The van der Waals surface area contributed by atoms with E-state index in [0.717, 1.165) is 6.54 Å². The van der Waals surface area contributed by atoms with Gasteiger partial charge in [0.1, 0.15) is 0 Å². The van der Waals surface area contributed by atoms with E-state index in [4.69, 9.17) is 0 Å². The van der Waals surface area contributed by atoms with E-state index in [-0.39, 0.29) is 0 Å². The minimum Gasteiger partial charge on any atom is -0.336 e. The van der Waals surface area contributed by atoms with Crippen molar-refractivity contribution in [3.8, 4) is 0 Å². The first kappa shape index (κ1) is 12.9. The minimum absolute atomic E-state index is 0.908. The normalized spacial score (nSPS) is 11.3.